The van der Waals surface area contributed by atoms with Gasteiger partial charge in [0.1, 0.15) is 4.21 Å². The van der Waals surface area contributed by atoms with Crippen LogP contribution >= 0.6 is 11.3 Å². The lowest BCUT2D eigenvalue weighted by Crippen LogP contribution is -2.46. The van der Waals surface area contributed by atoms with Crippen LogP contribution in [0.25, 0.3) is 0 Å². The van der Waals surface area contributed by atoms with Gasteiger partial charge in [-0.1, -0.05) is 6.42 Å². The van der Waals surface area contributed by atoms with Gasteiger partial charge in [0, 0.05) is 30.1 Å². The molecule has 3 heterocycles. The molecule has 1 aromatic heterocycles. The molecule has 2 aliphatic heterocycles. The van der Waals surface area contributed by atoms with Gasteiger partial charge in [-0.25, -0.2) is 13.1 Å². The predicted molar refractivity (Wildman–Crippen MR) is 85.0 cm³/mol. The molecule has 0 saturated carbocycles. The molecule has 2 aliphatic rings. The molecule has 2 fully saturated rings. The highest BCUT2D eigenvalue weighted by atomic mass is 32.2. The van der Waals surface area contributed by atoms with Gasteiger partial charge in [-0.3, -0.25) is 4.90 Å². The summed E-state index contributed by atoms with van der Waals surface area (Å²) in [6, 6.07) is 4.07. The van der Waals surface area contributed by atoms with Gasteiger partial charge < -0.3 is 5.32 Å². The Labute approximate surface area is 130 Å². The van der Waals surface area contributed by atoms with E-state index in [2.05, 4.69) is 14.9 Å². The maximum Gasteiger partial charge on any atom is 0.250 e. The fourth-order valence-corrected chi connectivity index (χ4v) is 6.10. The summed E-state index contributed by atoms with van der Waals surface area (Å²) in [4.78, 5) is 3.49. The summed E-state index contributed by atoms with van der Waals surface area (Å²) in [7, 11) is -1.51. The molecule has 2 unspecified atom stereocenters. The Morgan fingerprint density at radius 2 is 2.14 bits per heavy atom. The SMILES string of the molecule is CNCc1ccc(S(=O)(=O)NC2CCN3CCCCC23)s1. The minimum atomic E-state index is -3.38. The largest absolute Gasteiger partial charge is 0.315 e. The van der Waals surface area contributed by atoms with Crippen LogP contribution in [0.3, 0.4) is 0 Å². The van der Waals surface area contributed by atoms with E-state index in [9.17, 15) is 8.42 Å². The molecule has 2 saturated heterocycles. The van der Waals surface area contributed by atoms with E-state index in [0.717, 1.165) is 30.8 Å². The molecule has 2 N–H and O–H groups in total. The quantitative estimate of drug-likeness (QED) is 0.857. The molecule has 118 valence electrons. The maximum absolute atomic E-state index is 12.5. The summed E-state index contributed by atoms with van der Waals surface area (Å²) >= 11 is 1.35. The minimum absolute atomic E-state index is 0.0742. The third-order valence-electron chi connectivity index (χ3n) is 4.42. The van der Waals surface area contributed by atoms with E-state index in [1.165, 1.54) is 24.2 Å². The number of fused-ring (bicyclic) bond motifs is 1. The molecule has 7 heteroatoms. The Hall–Kier alpha value is -0.470. The van der Waals surface area contributed by atoms with E-state index in [1.807, 2.05) is 13.1 Å². The van der Waals surface area contributed by atoms with Crippen LogP contribution in [0.2, 0.25) is 0 Å². The fourth-order valence-electron chi connectivity index (χ4n) is 3.41. The number of hydrogen-bond acceptors (Lipinski definition) is 5. The van der Waals surface area contributed by atoms with Crippen molar-refractivity contribution >= 4 is 21.4 Å². The van der Waals surface area contributed by atoms with Crippen LogP contribution in [0.15, 0.2) is 16.3 Å². The molecular formula is C14H23N3O2S2. The number of rotatable bonds is 5. The molecule has 0 amide bonds. The molecule has 0 spiro atoms. The smallest absolute Gasteiger partial charge is 0.250 e. The molecule has 5 nitrogen and oxygen atoms in total. The first-order valence-electron chi connectivity index (χ1n) is 7.60. The third-order valence-corrected chi connectivity index (χ3v) is 7.48. The summed E-state index contributed by atoms with van der Waals surface area (Å²) in [5, 5.41) is 3.05. The molecule has 0 radical (unpaired) electrons. The first-order chi connectivity index (χ1) is 10.1. The standard InChI is InChI=1S/C14H23N3O2S2/c1-15-10-11-5-6-14(20-11)21(18,19)16-12-7-9-17-8-3-2-4-13(12)17/h5-6,12-13,15-16H,2-4,7-10H2,1H3. The zero-order valence-corrected chi connectivity index (χ0v) is 14.0. The van der Waals surface area contributed by atoms with Crippen molar-refractivity contribution in [2.24, 2.45) is 0 Å². The van der Waals surface area contributed by atoms with Crippen LogP contribution in [0.1, 0.15) is 30.6 Å². The van der Waals surface area contributed by atoms with E-state index in [4.69, 9.17) is 0 Å². The van der Waals surface area contributed by atoms with E-state index in [-0.39, 0.29) is 6.04 Å². The average molecular weight is 329 g/mol. The van der Waals surface area contributed by atoms with Gasteiger partial charge in [0.05, 0.1) is 0 Å². The first kappa shape index (κ1) is 15.4. The van der Waals surface area contributed by atoms with Gasteiger partial charge >= 0.3 is 0 Å². The number of thiophene rings is 1. The number of sulfonamides is 1. The van der Waals surface area contributed by atoms with Gasteiger partial charge in [0.25, 0.3) is 0 Å². The van der Waals surface area contributed by atoms with E-state index >= 15 is 0 Å². The lowest BCUT2D eigenvalue weighted by atomic mass is 10.00. The number of hydrogen-bond donors (Lipinski definition) is 2. The second-order valence-corrected chi connectivity index (χ2v) is 8.98. The number of nitrogens with one attached hydrogen (secondary N) is 2. The molecule has 1 aromatic rings. The van der Waals surface area contributed by atoms with Crippen molar-refractivity contribution < 1.29 is 8.42 Å². The Balaban J connectivity index is 1.70. The highest BCUT2D eigenvalue weighted by Crippen LogP contribution is 2.29. The summed E-state index contributed by atoms with van der Waals surface area (Å²) in [6.45, 7) is 2.85. The normalized spacial score (nSPS) is 26.9. The first-order valence-corrected chi connectivity index (χ1v) is 9.90. The van der Waals surface area contributed by atoms with Crippen molar-refractivity contribution in [3.05, 3.63) is 17.0 Å². The fraction of sp³-hybridized carbons (Fsp3) is 0.714. The Morgan fingerprint density at radius 3 is 2.95 bits per heavy atom. The van der Waals surface area contributed by atoms with Gasteiger partial charge in [0.15, 0.2) is 0 Å². The monoisotopic (exact) mass is 329 g/mol. The van der Waals surface area contributed by atoms with Crippen LogP contribution in [0, 0.1) is 0 Å². The molecule has 21 heavy (non-hydrogen) atoms. The summed E-state index contributed by atoms with van der Waals surface area (Å²) in [5.41, 5.74) is 0. The Kier molecular flexibility index (Phi) is 4.66. The highest BCUT2D eigenvalue weighted by Gasteiger charge is 2.37. The maximum atomic E-state index is 12.5. The van der Waals surface area contributed by atoms with E-state index in [1.54, 1.807) is 6.07 Å². The van der Waals surface area contributed by atoms with Crippen LogP contribution in [-0.4, -0.2) is 45.5 Å². The van der Waals surface area contributed by atoms with E-state index in [0.29, 0.717) is 16.8 Å². The van der Waals surface area contributed by atoms with Crippen molar-refractivity contribution in [1.82, 2.24) is 14.9 Å². The van der Waals surface area contributed by atoms with Crippen LogP contribution in [0.5, 0.6) is 0 Å². The molecule has 0 bridgehead atoms. The van der Waals surface area contributed by atoms with E-state index < -0.39 is 10.0 Å². The van der Waals surface area contributed by atoms with Crippen molar-refractivity contribution in [3.8, 4) is 0 Å². The number of nitrogens with zero attached hydrogens (tertiary/aromatic N) is 1. The third kappa shape index (κ3) is 3.32. The molecule has 3 rings (SSSR count). The Bertz CT molecular complexity index is 585. The lowest BCUT2D eigenvalue weighted by Gasteiger charge is -2.32. The van der Waals surface area contributed by atoms with Crippen LogP contribution < -0.4 is 10.0 Å². The molecule has 0 aliphatic carbocycles. The Morgan fingerprint density at radius 1 is 1.29 bits per heavy atom. The highest BCUT2D eigenvalue weighted by molar-refractivity contribution is 7.91. The zero-order valence-electron chi connectivity index (χ0n) is 12.3. The minimum Gasteiger partial charge on any atom is -0.315 e. The van der Waals surface area contributed by atoms with Crippen molar-refractivity contribution in [1.29, 1.82) is 0 Å². The summed E-state index contributed by atoms with van der Waals surface area (Å²) in [6.07, 6.45) is 4.50. The lowest BCUT2D eigenvalue weighted by molar-refractivity contribution is 0.186. The van der Waals surface area contributed by atoms with Crippen LogP contribution in [-0.2, 0) is 16.6 Å². The topological polar surface area (TPSA) is 61.4 Å². The average Bonchev–Trinajstić information content (AvgIpc) is 3.07. The van der Waals surface area contributed by atoms with Crippen molar-refractivity contribution in [2.45, 2.75) is 48.5 Å². The van der Waals surface area contributed by atoms with Crippen molar-refractivity contribution in [2.75, 3.05) is 20.1 Å². The summed E-state index contributed by atoms with van der Waals surface area (Å²) in [5.74, 6) is 0. The zero-order chi connectivity index (χ0) is 14.9. The second-order valence-electron chi connectivity index (χ2n) is 5.87. The van der Waals surface area contributed by atoms with Gasteiger partial charge in [0.2, 0.25) is 10.0 Å². The van der Waals surface area contributed by atoms with Gasteiger partial charge in [-0.05, 0) is 45.0 Å². The van der Waals surface area contributed by atoms with Crippen LogP contribution in [0.4, 0.5) is 0 Å². The second kappa shape index (κ2) is 6.34. The number of piperidine rings is 1. The summed E-state index contributed by atoms with van der Waals surface area (Å²) < 4.78 is 28.5. The van der Waals surface area contributed by atoms with Crippen molar-refractivity contribution in [3.63, 3.8) is 0 Å². The molecule has 2 atom stereocenters. The van der Waals surface area contributed by atoms with Gasteiger partial charge in [-0.15, -0.1) is 11.3 Å². The molecular weight excluding hydrogens is 306 g/mol. The predicted octanol–water partition coefficient (Wildman–Crippen LogP) is 1.37. The van der Waals surface area contributed by atoms with Gasteiger partial charge in [-0.2, -0.15) is 0 Å². The molecule has 0 aromatic carbocycles.